The van der Waals surface area contributed by atoms with E-state index in [1.807, 2.05) is 13.8 Å². The van der Waals surface area contributed by atoms with Gasteiger partial charge in [0.25, 0.3) is 0 Å². The number of rotatable bonds is 6. The second kappa shape index (κ2) is 5.54. The average molecular weight is 262 g/mol. The van der Waals surface area contributed by atoms with Crippen LogP contribution >= 0.6 is 0 Å². The molecule has 100 valence electrons. The third-order valence-corrected chi connectivity index (χ3v) is 4.05. The summed E-state index contributed by atoms with van der Waals surface area (Å²) in [6.45, 7) is 3.44. The van der Waals surface area contributed by atoms with E-state index in [9.17, 15) is 10.2 Å². The van der Waals surface area contributed by atoms with Crippen LogP contribution in [0.15, 0.2) is 20.0 Å². The molecule has 2 N–H and O–H groups in total. The molecule has 0 bridgehead atoms. The van der Waals surface area contributed by atoms with Gasteiger partial charge in [0.1, 0.15) is 0 Å². The summed E-state index contributed by atoms with van der Waals surface area (Å²) < 4.78 is 0. The van der Waals surface area contributed by atoms with Crippen LogP contribution in [0, 0.1) is 29.6 Å². The third kappa shape index (κ3) is 2.29. The summed E-state index contributed by atoms with van der Waals surface area (Å²) in [7, 11) is 0. The molecule has 2 atom stereocenters. The lowest BCUT2D eigenvalue weighted by molar-refractivity contribution is -0.0249. The highest BCUT2D eigenvalue weighted by Gasteiger charge is 2.53. The molecular formula is C13H18N4O2+2. The number of nitrogens with zero attached hydrogens (tertiary/aromatic N) is 4. The Morgan fingerprint density at radius 1 is 0.842 bits per heavy atom. The average Bonchev–Trinajstić information content (AvgIpc) is 3.13. The van der Waals surface area contributed by atoms with Gasteiger partial charge in [0.05, 0.1) is 30.5 Å². The van der Waals surface area contributed by atoms with Crippen LogP contribution in [-0.2, 0) is 0 Å². The molecule has 0 saturated heterocycles. The molecule has 0 spiro atoms. The Hall–Kier alpha value is -1.66. The summed E-state index contributed by atoms with van der Waals surface area (Å²) in [6.07, 6.45) is 7.65. The molecule has 0 radical (unpaired) electrons. The molecule has 6 nitrogen and oxygen atoms in total. The molecule has 2 unspecified atom stereocenters. The van der Waals surface area contributed by atoms with Gasteiger partial charge >= 0.3 is 0 Å². The maximum Gasteiger partial charge on any atom is 0.244 e. The van der Waals surface area contributed by atoms with Crippen molar-refractivity contribution in [3.8, 4) is 0 Å². The van der Waals surface area contributed by atoms with Crippen LogP contribution in [0.1, 0.15) is 13.8 Å². The fraction of sp³-hybridized carbons (Fsp3) is 0.538. The van der Waals surface area contributed by atoms with Crippen molar-refractivity contribution in [2.24, 2.45) is 37.2 Å². The molecule has 0 fully saturated rings. The lowest BCUT2D eigenvalue weighted by Gasteiger charge is -2.38. The van der Waals surface area contributed by atoms with Gasteiger partial charge < -0.3 is 10.2 Å². The molecule has 2 aliphatic rings. The van der Waals surface area contributed by atoms with Gasteiger partial charge in [-0.1, -0.05) is 20.0 Å². The van der Waals surface area contributed by atoms with Crippen LogP contribution in [0.25, 0.3) is 0 Å². The predicted octanol–water partition coefficient (Wildman–Crippen LogP) is 0.519. The molecule has 2 heterocycles. The predicted molar refractivity (Wildman–Crippen MR) is 75.4 cm³/mol. The molecule has 0 aromatic heterocycles. The van der Waals surface area contributed by atoms with Crippen molar-refractivity contribution in [1.82, 2.24) is 0 Å². The van der Waals surface area contributed by atoms with E-state index >= 15 is 0 Å². The number of hydrogen-bond donors (Lipinski definition) is 2. The Kier molecular flexibility index (Phi) is 4.01. The smallest absolute Gasteiger partial charge is 0.244 e. The Balaban J connectivity index is 2.25. The Morgan fingerprint density at radius 3 is 1.42 bits per heavy atom. The Labute approximate surface area is 112 Å². The van der Waals surface area contributed by atoms with Crippen LogP contribution < -0.4 is 0 Å². The summed E-state index contributed by atoms with van der Waals surface area (Å²) in [5.41, 5.74) is -0.789. The topological polar surface area (TPSA) is 89.9 Å². The van der Waals surface area contributed by atoms with E-state index in [2.05, 4.69) is 20.0 Å². The zero-order valence-electron chi connectivity index (χ0n) is 11.1. The lowest BCUT2D eigenvalue weighted by Crippen LogP contribution is -2.45. The second-order valence-corrected chi connectivity index (χ2v) is 4.82. The minimum Gasteiger partial charge on any atom is -0.396 e. The monoisotopic (exact) mass is 262 g/mol. The Bertz CT molecular complexity index is 366. The normalized spacial score (nSPS) is 20.6. The molecular weight excluding hydrogens is 244 g/mol. The minimum atomic E-state index is -0.789. The molecule has 0 aliphatic carbocycles. The zero-order chi connectivity index (χ0) is 13.9. The van der Waals surface area contributed by atoms with Gasteiger partial charge in [0.15, 0.2) is 24.9 Å². The van der Waals surface area contributed by atoms with E-state index in [0.29, 0.717) is 12.3 Å². The van der Waals surface area contributed by atoms with Gasteiger partial charge in [-0.2, -0.15) is 0 Å². The maximum absolute atomic E-state index is 9.84. The van der Waals surface area contributed by atoms with Gasteiger partial charge in [-0.15, -0.1) is 0 Å². The second-order valence-electron chi connectivity index (χ2n) is 4.82. The number of hydrogen-bond acceptors (Lipinski definition) is 6. The van der Waals surface area contributed by atoms with Gasteiger partial charge in [-0.25, -0.2) is 0 Å². The van der Waals surface area contributed by atoms with Gasteiger partial charge in [0, 0.05) is 0 Å². The van der Waals surface area contributed by atoms with Gasteiger partial charge in [0.2, 0.25) is 12.3 Å². The minimum absolute atomic E-state index is 0.186. The van der Waals surface area contributed by atoms with Crippen molar-refractivity contribution in [3.63, 3.8) is 0 Å². The van der Waals surface area contributed by atoms with Crippen molar-refractivity contribution < 1.29 is 10.2 Å². The first-order valence-electron chi connectivity index (χ1n) is 6.24. The number of aliphatic hydroxyl groups excluding tert-OH is 2. The van der Waals surface area contributed by atoms with E-state index < -0.39 is 5.41 Å². The third-order valence-electron chi connectivity index (χ3n) is 4.05. The van der Waals surface area contributed by atoms with E-state index in [4.69, 9.17) is 0 Å². The van der Waals surface area contributed by atoms with E-state index in [0.717, 1.165) is 0 Å². The first kappa shape index (κ1) is 13.8. The van der Waals surface area contributed by atoms with Gasteiger partial charge in [-0.05, 0) is 13.8 Å². The highest BCUT2D eigenvalue weighted by atomic mass is 16.3. The quantitative estimate of drug-likeness (QED) is 0.683. The SMILES string of the molecule is CC([C+]1N=CC=N1)C(CO)(CO)C(C)[C+]1N=CC=N1. The first-order valence-corrected chi connectivity index (χ1v) is 6.24. The van der Waals surface area contributed by atoms with Crippen molar-refractivity contribution >= 4 is 24.9 Å². The zero-order valence-corrected chi connectivity index (χ0v) is 11.1. The summed E-state index contributed by atoms with van der Waals surface area (Å²) >= 11 is 0. The fourth-order valence-corrected chi connectivity index (χ4v) is 2.44. The standard InChI is InChI=1S/C13H18N4O2/c1-9(11-14-3-4-15-11)13(7-18,8-19)10(2)12-16-5-6-17-12/h3-6,9-10,18-19H,7-8H2,1-2H3/q+2. The van der Waals surface area contributed by atoms with Crippen LogP contribution in [0.5, 0.6) is 0 Å². The summed E-state index contributed by atoms with van der Waals surface area (Å²) in [6, 6.07) is 0. The molecule has 19 heavy (non-hydrogen) atoms. The van der Waals surface area contributed by atoms with Crippen molar-refractivity contribution in [3.05, 3.63) is 12.3 Å². The first-order chi connectivity index (χ1) is 9.15. The van der Waals surface area contributed by atoms with Crippen LogP contribution in [-0.4, -0.2) is 48.3 Å². The molecule has 0 aromatic rings. The van der Waals surface area contributed by atoms with Crippen molar-refractivity contribution in [1.29, 1.82) is 0 Å². The van der Waals surface area contributed by atoms with Gasteiger partial charge in [-0.3, -0.25) is 0 Å². The Morgan fingerprint density at radius 2 is 1.16 bits per heavy atom. The van der Waals surface area contributed by atoms with Crippen LogP contribution in [0.2, 0.25) is 0 Å². The van der Waals surface area contributed by atoms with Crippen LogP contribution in [0.3, 0.4) is 0 Å². The summed E-state index contributed by atoms with van der Waals surface area (Å²) in [4.78, 5) is 16.7. The largest absolute Gasteiger partial charge is 0.396 e. The van der Waals surface area contributed by atoms with E-state index in [-0.39, 0.29) is 25.0 Å². The van der Waals surface area contributed by atoms with Crippen LogP contribution in [0.4, 0.5) is 0 Å². The summed E-state index contributed by atoms with van der Waals surface area (Å²) in [5.74, 6) is -0.406. The molecule has 0 aromatic carbocycles. The molecule has 0 saturated carbocycles. The molecule has 2 aliphatic heterocycles. The summed E-state index contributed by atoms with van der Waals surface area (Å²) in [5, 5.41) is 19.7. The molecule has 0 amide bonds. The van der Waals surface area contributed by atoms with Crippen molar-refractivity contribution in [2.75, 3.05) is 13.2 Å². The maximum atomic E-state index is 9.84. The van der Waals surface area contributed by atoms with E-state index in [1.54, 1.807) is 24.9 Å². The highest BCUT2D eigenvalue weighted by Crippen LogP contribution is 2.46. The fourth-order valence-electron chi connectivity index (χ4n) is 2.44. The number of aliphatic imine (C=N–C) groups is 4. The molecule has 2 rings (SSSR count). The molecule has 6 heteroatoms. The highest BCUT2D eigenvalue weighted by molar-refractivity contribution is 6.18. The van der Waals surface area contributed by atoms with Crippen molar-refractivity contribution in [2.45, 2.75) is 13.8 Å². The lowest BCUT2D eigenvalue weighted by atomic mass is 9.66. The number of aliphatic hydroxyl groups is 2. The van der Waals surface area contributed by atoms with E-state index in [1.165, 1.54) is 0 Å².